The monoisotopic (exact) mass is 297 g/mol. The van der Waals surface area contributed by atoms with Crippen LogP contribution in [0.25, 0.3) is 0 Å². The van der Waals surface area contributed by atoms with E-state index in [0.717, 1.165) is 5.56 Å². The molecule has 22 heavy (non-hydrogen) atoms. The van der Waals surface area contributed by atoms with E-state index in [1.54, 1.807) is 37.4 Å². The van der Waals surface area contributed by atoms with E-state index >= 15 is 0 Å². The molecule has 2 N–H and O–H groups in total. The van der Waals surface area contributed by atoms with Crippen LogP contribution in [0.3, 0.4) is 0 Å². The van der Waals surface area contributed by atoms with Crippen molar-refractivity contribution >= 4 is 17.6 Å². The van der Waals surface area contributed by atoms with Gasteiger partial charge in [0.1, 0.15) is 5.82 Å². The van der Waals surface area contributed by atoms with Crippen LogP contribution in [-0.4, -0.2) is 22.8 Å². The van der Waals surface area contributed by atoms with Crippen LogP contribution < -0.4 is 10.6 Å². The Balaban J connectivity index is 1.87. The first-order valence-electron chi connectivity index (χ1n) is 7.13. The maximum absolute atomic E-state index is 12.0. The third kappa shape index (κ3) is 4.41. The summed E-state index contributed by atoms with van der Waals surface area (Å²) in [6.07, 6.45) is 1.82. The second kappa shape index (κ2) is 7.36. The number of benzene rings is 1. The van der Waals surface area contributed by atoms with Crippen molar-refractivity contribution in [3.63, 3.8) is 0 Å². The summed E-state index contributed by atoms with van der Waals surface area (Å²) >= 11 is 0. The summed E-state index contributed by atoms with van der Waals surface area (Å²) in [6.45, 7) is 3.68. The van der Waals surface area contributed by atoms with E-state index in [1.807, 2.05) is 25.1 Å². The van der Waals surface area contributed by atoms with Gasteiger partial charge < -0.3 is 10.6 Å². The third-order valence-corrected chi connectivity index (χ3v) is 3.17. The number of nitrogens with one attached hydrogen (secondary N) is 2. The van der Waals surface area contributed by atoms with Gasteiger partial charge in [0, 0.05) is 24.2 Å². The zero-order valence-corrected chi connectivity index (χ0v) is 12.7. The van der Waals surface area contributed by atoms with Crippen molar-refractivity contribution in [2.45, 2.75) is 26.3 Å². The zero-order valence-electron chi connectivity index (χ0n) is 12.7. The summed E-state index contributed by atoms with van der Waals surface area (Å²) < 4.78 is 0. The number of aryl methyl sites for hydroxylation is 1. The first kappa shape index (κ1) is 15.7. The van der Waals surface area contributed by atoms with E-state index in [4.69, 9.17) is 0 Å². The average molecular weight is 297 g/mol. The molecule has 0 saturated heterocycles. The number of hydrogen-bond acceptors (Lipinski definition) is 3. The predicted octanol–water partition coefficient (Wildman–Crippen LogP) is 2.54. The van der Waals surface area contributed by atoms with Crippen LogP contribution in [-0.2, 0) is 4.79 Å². The standard InChI is InChI=1S/C17H19N3O2/c1-12-7-6-10-18-16(12)20-15(21)11-13(2)19-17(22)14-8-4-3-5-9-14/h3-10,13H,11H2,1-2H3,(H,19,22)(H,18,20,21). The summed E-state index contributed by atoms with van der Waals surface area (Å²) in [6, 6.07) is 12.3. The number of aromatic nitrogens is 1. The molecule has 0 aliphatic heterocycles. The maximum Gasteiger partial charge on any atom is 0.251 e. The number of rotatable bonds is 5. The van der Waals surface area contributed by atoms with Crippen LogP contribution in [0, 0.1) is 6.92 Å². The molecule has 1 heterocycles. The van der Waals surface area contributed by atoms with E-state index < -0.39 is 0 Å². The molecule has 0 saturated carbocycles. The highest BCUT2D eigenvalue weighted by atomic mass is 16.2. The van der Waals surface area contributed by atoms with Crippen LogP contribution in [0.15, 0.2) is 48.7 Å². The normalized spacial score (nSPS) is 11.5. The molecule has 0 fully saturated rings. The van der Waals surface area contributed by atoms with Gasteiger partial charge in [-0.05, 0) is 37.6 Å². The van der Waals surface area contributed by atoms with Crippen molar-refractivity contribution in [1.29, 1.82) is 0 Å². The Morgan fingerprint density at radius 1 is 1.14 bits per heavy atom. The smallest absolute Gasteiger partial charge is 0.251 e. The number of carbonyl (C=O) groups is 2. The van der Waals surface area contributed by atoms with Gasteiger partial charge in [-0.2, -0.15) is 0 Å². The number of nitrogens with zero attached hydrogens (tertiary/aromatic N) is 1. The molecule has 1 aromatic heterocycles. The number of hydrogen-bond donors (Lipinski definition) is 2. The molecule has 114 valence electrons. The highest BCUT2D eigenvalue weighted by molar-refractivity contribution is 5.95. The van der Waals surface area contributed by atoms with Crippen LogP contribution in [0.2, 0.25) is 0 Å². The molecule has 0 radical (unpaired) electrons. The fraction of sp³-hybridized carbons (Fsp3) is 0.235. The third-order valence-electron chi connectivity index (χ3n) is 3.17. The van der Waals surface area contributed by atoms with Crippen molar-refractivity contribution < 1.29 is 9.59 Å². The molecule has 2 amide bonds. The molecule has 2 aromatic rings. The molecule has 1 unspecified atom stereocenters. The molecule has 0 aliphatic rings. The predicted molar refractivity (Wildman–Crippen MR) is 85.6 cm³/mol. The van der Waals surface area contributed by atoms with Crippen LogP contribution in [0.1, 0.15) is 29.3 Å². The number of anilines is 1. The Kier molecular flexibility index (Phi) is 5.25. The Hall–Kier alpha value is -2.69. The van der Waals surface area contributed by atoms with Gasteiger partial charge in [-0.15, -0.1) is 0 Å². The van der Waals surface area contributed by atoms with Gasteiger partial charge >= 0.3 is 0 Å². The first-order valence-corrected chi connectivity index (χ1v) is 7.13. The van der Waals surface area contributed by atoms with E-state index in [2.05, 4.69) is 15.6 Å². The van der Waals surface area contributed by atoms with Gasteiger partial charge in [-0.3, -0.25) is 9.59 Å². The van der Waals surface area contributed by atoms with Crippen LogP contribution >= 0.6 is 0 Å². The summed E-state index contributed by atoms with van der Waals surface area (Å²) in [5.41, 5.74) is 1.48. The molecule has 1 aromatic carbocycles. The lowest BCUT2D eigenvalue weighted by Gasteiger charge is -2.14. The quantitative estimate of drug-likeness (QED) is 0.891. The molecular formula is C17H19N3O2. The summed E-state index contributed by atoms with van der Waals surface area (Å²) in [5.74, 6) is 0.187. The van der Waals surface area contributed by atoms with Crippen molar-refractivity contribution in [2.24, 2.45) is 0 Å². The molecule has 0 bridgehead atoms. The molecule has 0 aliphatic carbocycles. The fourth-order valence-electron chi connectivity index (χ4n) is 2.03. The highest BCUT2D eigenvalue weighted by Gasteiger charge is 2.14. The van der Waals surface area contributed by atoms with Crippen molar-refractivity contribution in [3.05, 3.63) is 59.8 Å². The first-order chi connectivity index (χ1) is 10.6. The lowest BCUT2D eigenvalue weighted by Crippen LogP contribution is -2.35. The summed E-state index contributed by atoms with van der Waals surface area (Å²) in [7, 11) is 0. The SMILES string of the molecule is Cc1cccnc1NC(=O)CC(C)NC(=O)c1ccccc1. The van der Waals surface area contributed by atoms with E-state index in [1.165, 1.54) is 0 Å². The summed E-state index contributed by atoms with van der Waals surface area (Å²) in [4.78, 5) is 28.1. The van der Waals surface area contributed by atoms with Gasteiger partial charge in [-0.1, -0.05) is 24.3 Å². The Bertz CT molecular complexity index is 656. The van der Waals surface area contributed by atoms with E-state index in [9.17, 15) is 9.59 Å². The van der Waals surface area contributed by atoms with E-state index in [-0.39, 0.29) is 24.3 Å². The summed E-state index contributed by atoms with van der Waals surface area (Å²) in [5, 5.41) is 5.56. The van der Waals surface area contributed by atoms with Crippen LogP contribution in [0.5, 0.6) is 0 Å². The molecule has 1 atom stereocenters. The number of carbonyl (C=O) groups excluding carboxylic acids is 2. The molecular weight excluding hydrogens is 278 g/mol. The zero-order chi connectivity index (χ0) is 15.9. The highest BCUT2D eigenvalue weighted by Crippen LogP contribution is 2.10. The number of amides is 2. The second-order valence-electron chi connectivity index (χ2n) is 5.16. The largest absolute Gasteiger partial charge is 0.349 e. The van der Waals surface area contributed by atoms with Gasteiger partial charge in [0.2, 0.25) is 5.91 Å². The van der Waals surface area contributed by atoms with Crippen molar-refractivity contribution in [1.82, 2.24) is 10.3 Å². The number of pyridine rings is 1. The van der Waals surface area contributed by atoms with Gasteiger partial charge in [0.05, 0.1) is 0 Å². The minimum atomic E-state index is -0.267. The molecule has 2 rings (SSSR count). The Labute approximate surface area is 129 Å². The fourth-order valence-corrected chi connectivity index (χ4v) is 2.03. The minimum Gasteiger partial charge on any atom is -0.349 e. The van der Waals surface area contributed by atoms with Gasteiger partial charge in [0.25, 0.3) is 5.91 Å². The van der Waals surface area contributed by atoms with Crippen LogP contribution in [0.4, 0.5) is 5.82 Å². The Morgan fingerprint density at radius 2 is 1.86 bits per heavy atom. The van der Waals surface area contributed by atoms with Gasteiger partial charge in [0.15, 0.2) is 0 Å². The van der Waals surface area contributed by atoms with Crippen molar-refractivity contribution in [2.75, 3.05) is 5.32 Å². The lowest BCUT2D eigenvalue weighted by atomic mass is 10.1. The minimum absolute atomic E-state index is 0.178. The molecule has 0 spiro atoms. The van der Waals surface area contributed by atoms with Crippen molar-refractivity contribution in [3.8, 4) is 0 Å². The topological polar surface area (TPSA) is 71.1 Å². The Morgan fingerprint density at radius 3 is 2.55 bits per heavy atom. The average Bonchev–Trinajstić information content (AvgIpc) is 2.50. The molecule has 5 heteroatoms. The molecule has 5 nitrogen and oxygen atoms in total. The second-order valence-corrected chi connectivity index (χ2v) is 5.16. The van der Waals surface area contributed by atoms with Gasteiger partial charge in [-0.25, -0.2) is 4.98 Å². The van der Waals surface area contributed by atoms with E-state index in [0.29, 0.717) is 11.4 Å². The maximum atomic E-state index is 12.0. The lowest BCUT2D eigenvalue weighted by molar-refractivity contribution is -0.116.